The SMILES string of the molecule is O=C(NC(=S)Nc1ccc(C23CC4CC(CC(C4)C2)C3)cc1)c1ccccc1. The molecule has 0 saturated heterocycles. The highest BCUT2D eigenvalue weighted by molar-refractivity contribution is 7.80. The molecule has 144 valence electrons. The number of thiocarbonyl (C=S) groups is 1. The van der Waals surface area contributed by atoms with E-state index in [0.29, 0.717) is 16.1 Å². The second-order valence-corrected chi connectivity index (χ2v) is 9.46. The molecule has 1 amide bonds. The third kappa shape index (κ3) is 3.35. The summed E-state index contributed by atoms with van der Waals surface area (Å²) in [6.45, 7) is 0. The molecule has 0 unspecified atom stereocenters. The highest BCUT2D eigenvalue weighted by Gasteiger charge is 2.51. The van der Waals surface area contributed by atoms with Crippen LogP contribution in [0.25, 0.3) is 0 Å². The van der Waals surface area contributed by atoms with E-state index in [1.54, 1.807) is 12.1 Å². The van der Waals surface area contributed by atoms with E-state index in [1.807, 2.05) is 18.2 Å². The number of benzene rings is 2. The van der Waals surface area contributed by atoms with Gasteiger partial charge in [0.2, 0.25) is 0 Å². The van der Waals surface area contributed by atoms with Gasteiger partial charge >= 0.3 is 0 Å². The molecule has 28 heavy (non-hydrogen) atoms. The number of hydrogen-bond donors (Lipinski definition) is 2. The van der Waals surface area contributed by atoms with Crippen molar-refractivity contribution in [1.29, 1.82) is 0 Å². The standard InChI is InChI=1S/C24H26N2OS/c27-22(19-4-2-1-3-5-19)26-23(28)25-21-8-6-20(7-9-21)24-13-16-10-17(14-24)12-18(11-16)15-24/h1-9,16-18H,10-15H2,(H2,25,26,27,28). The van der Waals surface area contributed by atoms with E-state index < -0.39 is 0 Å². The van der Waals surface area contributed by atoms with Gasteiger partial charge in [0.1, 0.15) is 0 Å². The van der Waals surface area contributed by atoms with Crippen LogP contribution in [0.2, 0.25) is 0 Å². The summed E-state index contributed by atoms with van der Waals surface area (Å²) in [7, 11) is 0. The van der Waals surface area contributed by atoms with Gasteiger partial charge in [-0.05, 0) is 104 Å². The summed E-state index contributed by atoms with van der Waals surface area (Å²) in [5, 5.41) is 6.22. The van der Waals surface area contributed by atoms with Crippen LogP contribution in [0.1, 0.15) is 54.4 Å². The molecule has 0 heterocycles. The summed E-state index contributed by atoms with van der Waals surface area (Å²) in [5.41, 5.74) is 3.43. The van der Waals surface area contributed by atoms with E-state index in [4.69, 9.17) is 12.2 Å². The highest BCUT2D eigenvalue weighted by atomic mass is 32.1. The van der Waals surface area contributed by atoms with Crippen molar-refractivity contribution in [1.82, 2.24) is 5.32 Å². The Morgan fingerprint density at radius 3 is 2.00 bits per heavy atom. The number of nitrogens with one attached hydrogen (secondary N) is 2. The molecule has 4 fully saturated rings. The maximum Gasteiger partial charge on any atom is 0.257 e. The molecule has 0 atom stereocenters. The number of carbonyl (C=O) groups is 1. The molecule has 0 radical (unpaired) electrons. The van der Waals surface area contributed by atoms with E-state index in [1.165, 1.54) is 44.1 Å². The van der Waals surface area contributed by atoms with E-state index >= 15 is 0 Å². The highest BCUT2D eigenvalue weighted by Crippen LogP contribution is 2.60. The van der Waals surface area contributed by atoms with Crippen LogP contribution in [-0.2, 0) is 5.41 Å². The Morgan fingerprint density at radius 1 is 0.857 bits per heavy atom. The molecule has 4 bridgehead atoms. The minimum atomic E-state index is -0.191. The van der Waals surface area contributed by atoms with Crippen LogP contribution < -0.4 is 10.6 Å². The first-order chi connectivity index (χ1) is 13.6. The summed E-state index contributed by atoms with van der Waals surface area (Å²) >= 11 is 5.32. The molecule has 0 aromatic heterocycles. The number of amides is 1. The summed E-state index contributed by atoms with van der Waals surface area (Å²) in [6, 6.07) is 17.9. The van der Waals surface area contributed by atoms with Crippen molar-refractivity contribution in [2.45, 2.75) is 43.9 Å². The topological polar surface area (TPSA) is 41.1 Å². The predicted octanol–water partition coefficient (Wildman–Crippen LogP) is 5.28. The molecule has 2 aromatic carbocycles. The third-order valence-electron chi connectivity index (χ3n) is 7.06. The fourth-order valence-corrected chi connectivity index (χ4v) is 6.51. The van der Waals surface area contributed by atoms with Crippen LogP contribution in [0.15, 0.2) is 54.6 Å². The minimum absolute atomic E-state index is 0.191. The fourth-order valence-electron chi connectivity index (χ4n) is 6.30. The number of anilines is 1. The number of hydrogen-bond acceptors (Lipinski definition) is 2. The second-order valence-electron chi connectivity index (χ2n) is 9.05. The van der Waals surface area contributed by atoms with Crippen LogP contribution in [-0.4, -0.2) is 11.0 Å². The van der Waals surface area contributed by atoms with E-state index in [0.717, 1.165) is 23.4 Å². The van der Waals surface area contributed by atoms with Gasteiger partial charge in [-0.25, -0.2) is 0 Å². The molecule has 4 aliphatic rings. The van der Waals surface area contributed by atoms with Gasteiger partial charge in [0, 0.05) is 11.3 Å². The maximum absolute atomic E-state index is 12.2. The largest absolute Gasteiger partial charge is 0.332 e. The zero-order valence-corrected chi connectivity index (χ0v) is 16.8. The lowest BCUT2D eigenvalue weighted by molar-refractivity contribution is -0.00518. The minimum Gasteiger partial charge on any atom is -0.332 e. The Labute approximate surface area is 171 Å². The van der Waals surface area contributed by atoms with Crippen molar-refractivity contribution in [3.05, 3.63) is 65.7 Å². The second kappa shape index (κ2) is 7.00. The smallest absolute Gasteiger partial charge is 0.257 e. The first-order valence-corrected chi connectivity index (χ1v) is 10.8. The van der Waals surface area contributed by atoms with Gasteiger partial charge in [-0.1, -0.05) is 30.3 Å². The lowest BCUT2D eigenvalue weighted by atomic mass is 9.48. The Hall–Kier alpha value is -2.20. The molecular weight excluding hydrogens is 364 g/mol. The van der Waals surface area contributed by atoms with Crippen LogP contribution in [0, 0.1) is 17.8 Å². The molecule has 3 nitrogen and oxygen atoms in total. The molecule has 6 rings (SSSR count). The summed E-state index contributed by atoms with van der Waals surface area (Å²) in [4.78, 5) is 12.2. The first-order valence-electron chi connectivity index (χ1n) is 10.4. The molecular formula is C24H26N2OS. The lowest BCUT2D eigenvalue weighted by Crippen LogP contribution is -2.48. The van der Waals surface area contributed by atoms with Crippen LogP contribution >= 0.6 is 12.2 Å². The molecule has 0 spiro atoms. The Balaban J connectivity index is 1.25. The van der Waals surface area contributed by atoms with Crippen molar-refractivity contribution >= 4 is 28.9 Å². The van der Waals surface area contributed by atoms with Crippen LogP contribution in [0.4, 0.5) is 5.69 Å². The van der Waals surface area contributed by atoms with Crippen molar-refractivity contribution in [3.63, 3.8) is 0 Å². The Kier molecular flexibility index (Phi) is 4.47. The van der Waals surface area contributed by atoms with Gasteiger partial charge in [0.25, 0.3) is 5.91 Å². The zero-order chi connectivity index (χ0) is 19.1. The van der Waals surface area contributed by atoms with Gasteiger partial charge in [-0.3, -0.25) is 10.1 Å². The van der Waals surface area contributed by atoms with Gasteiger partial charge in [-0.15, -0.1) is 0 Å². The van der Waals surface area contributed by atoms with Gasteiger partial charge < -0.3 is 5.32 Å². The molecule has 2 N–H and O–H groups in total. The van der Waals surface area contributed by atoms with Crippen molar-refractivity contribution in [2.24, 2.45) is 17.8 Å². The number of carbonyl (C=O) groups excluding carboxylic acids is 1. The Bertz CT molecular complexity index is 855. The molecule has 0 aliphatic heterocycles. The normalized spacial score (nSPS) is 30.1. The zero-order valence-electron chi connectivity index (χ0n) is 16.0. The Morgan fingerprint density at radius 2 is 1.43 bits per heavy atom. The molecule has 4 heteroatoms. The average molecular weight is 391 g/mol. The summed E-state index contributed by atoms with van der Waals surface area (Å²) in [6.07, 6.45) is 8.52. The van der Waals surface area contributed by atoms with E-state index in [-0.39, 0.29) is 5.91 Å². The predicted molar refractivity (Wildman–Crippen MR) is 116 cm³/mol. The van der Waals surface area contributed by atoms with Crippen molar-refractivity contribution < 1.29 is 4.79 Å². The monoisotopic (exact) mass is 390 g/mol. The quantitative estimate of drug-likeness (QED) is 0.701. The number of rotatable bonds is 3. The molecule has 4 saturated carbocycles. The third-order valence-corrected chi connectivity index (χ3v) is 7.26. The summed E-state index contributed by atoms with van der Waals surface area (Å²) in [5.74, 6) is 2.66. The van der Waals surface area contributed by atoms with Gasteiger partial charge in [-0.2, -0.15) is 0 Å². The van der Waals surface area contributed by atoms with Gasteiger partial charge in [0.05, 0.1) is 0 Å². The fraction of sp³-hybridized carbons (Fsp3) is 0.417. The van der Waals surface area contributed by atoms with E-state index in [9.17, 15) is 4.79 Å². The average Bonchev–Trinajstić information content (AvgIpc) is 2.68. The van der Waals surface area contributed by atoms with E-state index in [2.05, 4.69) is 34.9 Å². The summed E-state index contributed by atoms with van der Waals surface area (Å²) < 4.78 is 0. The maximum atomic E-state index is 12.2. The first kappa shape index (κ1) is 17.9. The van der Waals surface area contributed by atoms with Gasteiger partial charge in [0.15, 0.2) is 5.11 Å². The van der Waals surface area contributed by atoms with Crippen molar-refractivity contribution in [2.75, 3.05) is 5.32 Å². The molecule has 2 aromatic rings. The lowest BCUT2D eigenvalue weighted by Gasteiger charge is -2.57. The molecule has 4 aliphatic carbocycles. The van der Waals surface area contributed by atoms with Crippen LogP contribution in [0.3, 0.4) is 0 Å². The van der Waals surface area contributed by atoms with Crippen molar-refractivity contribution in [3.8, 4) is 0 Å². The van der Waals surface area contributed by atoms with Crippen LogP contribution in [0.5, 0.6) is 0 Å².